The summed E-state index contributed by atoms with van der Waals surface area (Å²) in [5.41, 5.74) is 8.55. The Balaban J connectivity index is 1.68. The first-order chi connectivity index (χ1) is 16.7. The average molecular weight is 469 g/mol. The molecule has 0 saturated carbocycles. The molecular weight excluding hydrogens is 432 g/mol. The van der Waals surface area contributed by atoms with Crippen molar-refractivity contribution in [1.29, 1.82) is 0 Å². The molecule has 5 nitrogen and oxygen atoms in total. The normalized spacial score (nSPS) is 18.7. The number of hydrogen-bond donors (Lipinski definition) is 1. The Morgan fingerprint density at radius 1 is 1.00 bits per heavy atom. The molecule has 35 heavy (non-hydrogen) atoms. The van der Waals surface area contributed by atoms with Crippen molar-refractivity contribution < 1.29 is 4.79 Å². The summed E-state index contributed by atoms with van der Waals surface area (Å²) in [7, 11) is 0. The molecule has 1 aromatic heterocycles. The Morgan fingerprint density at radius 2 is 1.66 bits per heavy atom. The predicted octanol–water partition coefficient (Wildman–Crippen LogP) is 6.54. The van der Waals surface area contributed by atoms with Gasteiger partial charge in [-0.3, -0.25) is 4.79 Å². The van der Waals surface area contributed by atoms with E-state index >= 15 is 0 Å². The number of ketones is 1. The molecule has 0 bridgehead atoms. The van der Waals surface area contributed by atoms with Crippen LogP contribution in [0.1, 0.15) is 68.8 Å². The van der Waals surface area contributed by atoms with E-state index < -0.39 is 0 Å². The van der Waals surface area contributed by atoms with Crippen LogP contribution in [0.25, 0.3) is 5.69 Å². The fourth-order valence-electron chi connectivity index (χ4n) is 5.75. The summed E-state index contributed by atoms with van der Waals surface area (Å²) >= 11 is 0. The van der Waals surface area contributed by atoms with Crippen LogP contribution in [0.5, 0.6) is 0 Å². The summed E-state index contributed by atoms with van der Waals surface area (Å²) in [5, 5.41) is 8.65. The summed E-state index contributed by atoms with van der Waals surface area (Å²) in [5.74, 6) is 1.11. The molecule has 0 radical (unpaired) electrons. The number of nitrogens with zero attached hydrogens (tertiary/aromatic N) is 3. The van der Waals surface area contributed by atoms with Crippen molar-refractivity contribution in [3.63, 3.8) is 0 Å². The van der Waals surface area contributed by atoms with E-state index in [4.69, 9.17) is 5.10 Å². The lowest BCUT2D eigenvalue weighted by Gasteiger charge is -2.38. The molecule has 1 N–H and O–H groups in total. The van der Waals surface area contributed by atoms with Gasteiger partial charge < -0.3 is 10.2 Å². The maximum Gasteiger partial charge on any atom is 0.162 e. The molecule has 2 heterocycles. The van der Waals surface area contributed by atoms with Gasteiger partial charge >= 0.3 is 0 Å². The largest absolute Gasteiger partial charge is 0.372 e. The summed E-state index contributed by atoms with van der Waals surface area (Å²) in [4.78, 5) is 15.9. The zero-order chi connectivity index (χ0) is 24.9. The standard InChI is InChI=1S/C30H36N4O/c1-7-33(8-2)22-15-11-21(12-16-22)27-26-20(4)32-34(23-13-9-19(3)10-14-23)29(26)31-24-17-30(5,6)18-25(35)28(24)27/h9-16,27,31H,7-8,17-18H2,1-6H3. The van der Waals surface area contributed by atoms with E-state index in [0.29, 0.717) is 6.42 Å². The van der Waals surface area contributed by atoms with E-state index in [0.717, 1.165) is 59.1 Å². The van der Waals surface area contributed by atoms with Gasteiger partial charge in [0.05, 0.1) is 11.4 Å². The Labute approximate surface area is 208 Å². The van der Waals surface area contributed by atoms with Gasteiger partial charge in [-0.15, -0.1) is 0 Å². The Hall–Kier alpha value is -3.34. The minimum absolute atomic E-state index is 0.0681. The molecule has 3 aromatic rings. The maximum atomic E-state index is 13.6. The second-order valence-corrected chi connectivity index (χ2v) is 10.8. The molecule has 1 unspecified atom stereocenters. The van der Waals surface area contributed by atoms with Crippen LogP contribution in [-0.4, -0.2) is 28.7 Å². The van der Waals surface area contributed by atoms with Gasteiger partial charge in [0.1, 0.15) is 5.82 Å². The van der Waals surface area contributed by atoms with Crippen molar-refractivity contribution in [1.82, 2.24) is 9.78 Å². The van der Waals surface area contributed by atoms with Crippen LogP contribution in [0.3, 0.4) is 0 Å². The second kappa shape index (κ2) is 8.71. The molecule has 0 fully saturated rings. The highest BCUT2D eigenvalue weighted by atomic mass is 16.1. The van der Waals surface area contributed by atoms with E-state index in [1.165, 1.54) is 11.3 Å². The lowest BCUT2D eigenvalue weighted by atomic mass is 9.69. The van der Waals surface area contributed by atoms with E-state index in [9.17, 15) is 4.79 Å². The number of carbonyl (C=O) groups excluding carboxylic acids is 1. The van der Waals surface area contributed by atoms with Gasteiger partial charge in [-0.2, -0.15) is 5.10 Å². The van der Waals surface area contributed by atoms with Gasteiger partial charge in [0.15, 0.2) is 5.78 Å². The number of Topliss-reactive ketones (excluding diaryl/α,β-unsaturated/α-hetero) is 1. The van der Waals surface area contributed by atoms with Crippen LogP contribution >= 0.6 is 0 Å². The number of fused-ring (bicyclic) bond motifs is 1. The maximum absolute atomic E-state index is 13.6. The first-order valence-electron chi connectivity index (χ1n) is 12.8. The smallest absolute Gasteiger partial charge is 0.162 e. The van der Waals surface area contributed by atoms with Crippen LogP contribution in [0.2, 0.25) is 0 Å². The molecule has 0 saturated heterocycles. The number of benzene rings is 2. The third-order valence-corrected chi connectivity index (χ3v) is 7.51. The van der Waals surface area contributed by atoms with Gasteiger partial charge in [0.2, 0.25) is 0 Å². The highest BCUT2D eigenvalue weighted by Gasteiger charge is 2.43. The van der Waals surface area contributed by atoms with Crippen molar-refractivity contribution in [2.24, 2.45) is 5.41 Å². The third-order valence-electron chi connectivity index (χ3n) is 7.51. The fourth-order valence-corrected chi connectivity index (χ4v) is 5.75. The number of allylic oxidation sites excluding steroid dienone is 2. The van der Waals surface area contributed by atoms with Gasteiger partial charge in [0, 0.05) is 47.9 Å². The summed E-state index contributed by atoms with van der Waals surface area (Å²) in [6.45, 7) is 14.8. The molecule has 5 rings (SSSR count). The Kier molecular flexibility index (Phi) is 5.82. The number of aryl methyl sites for hydroxylation is 2. The van der Waals surface area contributed by atoms with Gasteiger partial charge in [0.25, 0.3) is 0 Å². The van der Waals surface area contributed by atoms with Crippen molar-refractivity contribution in [2.45, 2.75) is 60.3 Å². The molecule has 2 aromatic carbocycles. The molecule has 5 heteroatoms. The van der Waals surface area contributed by atoms with E-state index in [2.05, 4.69) is 100 Å². The molecule has 0 amide bonds. The molecule has 1 atom stereocenters. The highest BCUT2D eigenvalue weighted by Crippen LogP contribution is 2.50. The predicted molar refractivity (Wildman–Crippen MR) is 144 cm³/mol. The van der Waals surface area contributed by atoms with Crippen molar-refractivity contribution >= 4 is 17.3 Å². The minimum Gasteiger partial charge on any atom is -0.372 e. The summed E-state index contributed by atoms with van der Waals surface area (Å²) in [6, 6.07) is 17.2. The van der Waals surface area contributed by atoms with E-state index in [-0.39, 0.29) is 17.1 Å². The van der Waals surface area contributed by atoms with Gasteiger partial charge in [-0.25, -0.2) is 4.68 Å². The SMILES string of the molecule is CCN(CC)c1ccc(C2C3=C(CC(C)(C)CC3=O)Nc3c2c(C)nn3-c2ccc(C)cc2)cc1. The monoisotopic (exact) mass is 468 g/mol. The zero-order valence-corrected chi connectivity index (χ0v) is 21.8. The highest BCUT2D eigenvalue weighted by molar-refractivity contribution is 6.01. The topological polar surface area (TPSA) is 50.2 Å². The first kappa shape index (κ1) is 23.4. The lowest BCUT2D eigenvalue weighted by molar-refractivity contribution is -0.118. The number of carbonyl (C=O) groups is 1. The average Bonchev–Trinajstić information content (AvgIpc) is 3.14. The van der Waals surface area contributed by atoms with Crippen LogP contribution in [0, 0.1) is 19.3 Å². The van der Waals surface area contributed by atoms with Crippen LogP contribution < -0.4 is 10.2 Å². The van der Waals surface area contributed by atoms with E-state index in [1.807, 2.05) is 4.68 Å². The van der Waals surface area contributed by atoms with Crippen molar-refractivity contribution in [3.8, 4) is 5.69 Å². The quantitative estimate of drug-likeness (QED) is 0.462. The number of hydrogen-bond acceptors (Lipinski definition) is 4. The van der Waals surface area contributed by atoms with Crippen LogP contribution in [-0.2, 0) is 4.79 Å². The summed E-state index contributed by atoms with van der Waals surface area (Å²) < 4.78 is 2.01. The van der Waals surface area contributed by atoms with Gasteiger partial charge in [-0.05, 0) is 69.4 Å². The number of rotatable bonds is 5. The number of nitrogens with one attached hydrogen (secondary N) is 1. The van der Waals surface area contributed by atoms with Crippen molar-refractivity contribution in [3.05, 3.63) is 82.2 Å². The molecule has 0 spiro atoms. The molecule has 2 aliphatic rings. The molecule has 182 valence electrons. The van der Waals surface area contributed by atoms with Gasteiger partial charge in [-0.1, -0.05) is 43.7 Å². The lowest BCUT2D eigenvalue weighted by Crippen LogP contribution is -2.34. The second-order valence-electron chi connectivity index (χ2n) is 10.8. The fraction of sp³-hybridized carbons (Fsp3) is 0.400. The Morgan fingerprint density at radius 3 is 2.29 bits per heavy atom. The molecule has 1 aliphatic heterocycles. The third kappa shape index (κ3) is 4.07. The molecular formula is C30H36N4O. The minimum atomic E-state index is -0.116. The Bertz CT molecular complexity index is 1290. The van der Waals surface area contributed by atoms with Crippen LogP contribution in [0.4, 0.5) is 11.5 Å². The zero-order valence-electron chi connectivity index (χ0n) is 21.8. The number of anilines is 2. The molecule has 1 aliphatic carbocycles. The summed E-state index contributed by atoms with van der Waals surface area (Å²) in [6.07, 6.45) is 1.42. The number of aromatic nitrogens is 2. The van der Waals surface area contributed by atoms with Crippen molar-refractivity contribution in [2.75, 3.05) is 23.3 Å². The van der Waals surface area contributed by atoms with Crippen LogP contribution in [0.15, 0.2) is 59.8 Å². The first-order valence-corrected chi connectivity index (χ1v) is 12.8. The van der Waals surface area contributed by atoms with E-state index in [1.54, 1.807) is 0 Å².